The van der Waals surface area contributed by atoms with Crippen molar-refractivity contribution in [3.8, 4) is 11.8 Å². The van der Waals surface area contributed by atoms with Crippen molar-refractivity contribution in [2.24, 2.45) is 0 Å². The second-order valence-corrected chi connectivity index (χ2v) is 5.24. The Hall–Kier alpha value is -1.54. The zero-order chi connectivity index (χ0) is 13.0. The molecule has 0 bridgehead atoms. The van der Waals surface area contributed by atoms with E-state index in [2.05, 4.69) is 28.7 Å². The zero-order valence-corrected chi connectivity index (χ0v) is 12.1. The minimum Gasteiger partial charge on any atom is -0.489 e. The Kier molecular flexibility index (Phi) is 4.21. The molecule has 2 nitrogen and oxygen atoms in total. The van der Waals surface area contributed by atoms with E-state index in [0.717, 1.165) is 20.4 Å². The summed E-state index contributed by atoms with van der Waals surface area (Å²) in [4.78, 5) is 0. The van der Waals surface area contributed by atoms with Crippen LogP contribution in [-0.4, -0.2) is 0 Å². The number of nitriles is 1. The Bertz CT molecular complexity index is 602. The molecule has 0 unspecified atom stereocenters. The van der Waals surface area contributed by atoms with Gasteiger partial charge in [-0.25, -0.2) is 0 Å². The average Bonchev–Trinajstić information content (AvgIpc) is 2.37. The van der Waals surface area contributed by atoms with Gasteiger partial charge in [-0.2, -0.15) is 5.26 Å². The summed E-state index contributed by atoms with van der Waals surface area (Å²) < 4.78 is 6.89. The van der Waals surface area contributed by atoms with E-state index in [1.54, 1.807) is 0 Å². The summed E-state index contributed by atoms with van der Waals surface area (Å²) in [5.74, 6) is 0.866. The van der Waals surface area contributed by atoms with Gasteiger partial charge < -0.3 is 4.74 Å². The van der Waals surface area contributed by atoms with E-state index in [1.807, 2.05) is 49.4 Å². The Balaban J connectivity index is 2.09. The second kappa shape index (κ2) is 5.87. The summed E-state index contributed by atoms with van der Waals surface area (Å²) in [7, 11) is 0. The van der Waals surface area contributed by atoms with Gasteiger partial charge in [-0.05, 0) is 71.0 Å². The van der Waals surface area contributed by atoms with Crippen LogP contribution in [-0.2, 0) is 6.61 Å². The molecule has 0 aliphatic rings. The summed E-state index contributed by atoms with van der Waals surface area (Å²) in [5, 5.41) is 8.81. The molecular weight excluding hydrogens is 337 g/mol. The zero-order valence-electron chi connectivity index (χ0n) is 9.98. The lowest BCUT2D eigenvalue weighted by atomic mass is 10.1. The van der Waals surface area contributed by atoms with Crippen LogP contribution in [0.2, 0.25) is 0 Å². The van der Waals surface area contributed by atoms with E-state index in [9.17, 15) is 0 Å². The first kappa shape index (κ1) is 12.9. The minimum atomic E-state index is 0.525. The van der Waals surface area contributed by atoms with Crippen molar-refractivity contribution in [3.63, 3.8) is 0 Å². The molecule has 0 atom stereocenters. The van der Waals surface area contributed by atoms with Crippen molar-refractivity contribution < 1.29 is 4.74 Å². The number of hydrogen-bond acceptors (Lipinski definition) is 2. The van der Waals surface area contributed by atoms with Crippen LogP contribution in [0.25, 0.3) is 0 Å². The van der Waals surface area contributed by atoms with Crippen molar-refractivity contribution >= 4 is 22.6 Å². The summed E-state index contributed by atoms with van der Waals surface area (Å²) in [5.41, 5.74) is 2.87. The molecule has 2 aromatic carbocycles. The molecular formula is C15H12INO. The van der Waals surface area contributed by atoms with Crippen molar-refractivity contribution in [2.75, 3.05) is 0 Å². The number of nitrogens with zero attached hydrogens (tertiary/aromatic N) is 1. The van der Waals surface area contributed by atoms with E-state index < -0.39 is 0 Å². The quantitative estimate of drug-likeness (QED) is 0.784. The molecule has 0 radical (unpaired) electrons. The first-order valence-corrected chi connectivity index (χ1v) is 6.65. The van der Waals surface area contributed by atoms with Crippen LogP contribution in [0, 0.1) is 21.8 Å². The van der Waals surface area contributed by atoms with E-state index in [4.69, 9.17) is 10.00 Å². The first-order chi connectivity index (χ1) is 8.69. The van der Waals surface area contributed by atoms with Crippen LogP contribution in [0.5, 0.6) is 5.75 Å². The van der Waals surface area contributed by atoms with Gasteiger partial charge in [0.15, 0.2) is 0 Å². The first-order valence-electron chi connectivity index (χ1n) is 5.57. The SMILES string of the molecule is Cc1cc(C#N)ccc1COc1cccc(I)c1. The monoisotopic (exact) mass is 349 g/mol. The van der Waals surface area contributed by atoms with Crippen molar-refractivity contribution in [3.05, 3.63) is 62.7 Å². The fraction of sp³-hybridized carbons (Fsp3) is 0.133. The van der Waals surface area contributed by atoms with Gasteiger partial charge >= 0.3 is 0 Å². The highest BCUT2D eigenvalue weighted by molar-refractivity contribution is 14.1. The van der Waals surface area contributed by atoms with Crippen molar-refractivity contribution in [1.29, 1.82) is 5.26 Å². The van der Waals surface area contributed by atoms with Gasteiger partial charge in [-0.1, -0.05) is 12.1 Å². The third kappa shape index (κ3) is 3.23. The Labute approximate surface area is 120 Å². The second-order valence-electron chi connectivity index (χ2n) is 4.00. The molecule has 0 aliphatic heterocycles. The molecule has 90 valence electrons. The Morgan fingerprint density at radius 1 is 1.22 bits per heavy atom. The lowest BCUT2D eigenvalue weighted by Crippen LogP contribution is -1.98. The molecule has 0 N–H and O–H groups in total. The molecule has 0 aliphatic carbocycles. The average molecular weight is 349 g/mol. The number of rotatable bonds is 3. The lowest BCUT2D eigenvalue weighted by Gasteiger charge is -2.09. The predicted octanol–water partition coefficient (Wildman–Crippen LogP) is 4.05. The highest BCUT2D eigenvalue weighted by Crippen LogP contribution is 2.18. The fourth-order valence-corrected chi connectivity index (χ4v) is 2.16. The summed E-state index contributed by atoms with van der Waals surface area (Å²) in [6, 6.07) is 15.7. The molecule has 0 spiro atoms. The molecule has 0 aromatic heterocycles. The molecule has 18 heavy (non-hydrogen) atoms. The maximum atomic E-state index is 8.81. The van der Waals surface area contributed by atoms with Gasteiger partial charge in [0.25, 0.3) is 0 Å². The maximum absolute atomic E-state index is 8.81. The minimum absolute atomic E-state index is 0.525. The van der Waals surface area contributed by atoms with E-state index in [-0.39, 0.29) is 0 Å². The Morgan fingerprint density at radius 2 is 2.06 bits per heavy atom. The van der Waals surface area contributed by atoms with Gasteiger partial charge in [-0.15, -0.1) is 0 Å². The standard InChI is InChI=1S/C15H12INO/c1-11-7-12(9-17)5-6-13(11)10-18-15-4-2-3-14(16)8-15/h2-8H,10H2,1H3. The smallest absolute Gasteiger partial charge is 0.120 e. The van der Waals surface area contributed by atoms with Gasteiger partial charge in [0.2, 0.25) is 0 Å². The highest BCUT2D eigenvalue weighted by atomic mass is 127. The molecule has 0 amide bonds. The number of ether oxygens (including phenoxy) is 1. The van der Waals surface area contributed by atoms with E-state index >= 15 is 0 Å². The maximum Gasteiger partial charge on any atom is 0.120 e. The van der Waals surface area contributed by atoms with Crippen LogP contribution in [0.15, 0.2) is 42.5 Å². The third-order valence-corrected chi connectivity index (χ3v) is 3.33. The molecule has 0 fully saturated rings. The molecule has 2 rings (SSSR count). The summed E-state index contributed by atoms with van der Waals surface area (Å²) >= 11 is 2.26. The van der Waals surface area contributed by atoms with Gasteiger partial charge in [0, 0.05) is 3.57 Å². The highest BCUT2D eigenvalue weighted by Gasteiger charge is 2.01. The topological polar surface area (TPSA) is 33.0 Å². The summed E-state index contributed by atoms with van der Waals surface area (Å²) in [6.45, 7) is 2.52. The number of halogens is 1. The Morgan fingerprint density at radius 3 is 2.72 bits per heavy atom. The fourth-order valence-electron chi connectivity index (χ4n) is 1.65. The van der Waals surface area contributed by atoms with Crippen LogP contribution >= 0.6 is 22.6 Å². The molecule has 3 heteroatoms. The molecule has 0 saturated heterocycles. The van der Waals surface area contributed by atoms with Crippen molar-refractivity contribution in [1.82, 2.24) is 0 Å². The normalized spacial score (nSPS) is 9.83. The lowest BCUT2D eigenvalue weighted by molar-refractivity contribution is 0.305. The van der Waals surface area contributed by atoms with Crippen molar-refractivity contribution in [2.45, 2.75) is 13.5 Å². The third-order valence-electron chi connectivity index (χ3n) is 2.66. The van der Waals surface area contributed by atoms with E-state index in [1.165, 1.54) is 0 Å². The van der Waals surface area contributed by atoms with Crippen LogP contribution in [0.4, 0.5) is 0 Å². The number of hydrogen-bond donors (Lipinski definition) is 0. The van der Waals surface area contributed by atoms with Gasteiger partial charge in [0.05, 0.1) is 11.6 Å². The molecule has 2 aromatic rings. The molecule has 0 heterocycles. The predicted molar refractivity (Wildman–Crippen MR) is 79.4 cm³/mol. The van der Waals surface area contributed by atoms with Gasteiger partial charge in [0.1, 0.15) is 12.4 Å². The number of aryl methyl sites for hydroxylation is 1. The van der Waals surface area contributed by atoms with Crippen LogP contribution in [0.1, 0.15) is 16.7 Å². The van der Waals surface area contributed by atoms with Crippen LogP contribution < -0.4 is 4.74 Å². The van der Waals surface area contributed by atoms with E-state index in [0.29, 0.717) is 12.2 Å². The number of benzene rings is 2. The summed E-state index contributed by atoms with van der Waals surface area (Å²) in [6.07, 6.45) is 0. The van der Waals surface area contributed by atoms with Crippen LogP contribution in [0.3, 0.4) is 0 Å². The van der Waals surface area contributed by atoms with Gasteiger partial charge in [-0.3, -0.25) is 0 Å². The largest absolute Gasteiger partial charge is 0.489 e. The molecule has 0 saturated carbocycles.